The molecule has 0 aliphatic carbocycles. The summed E-state index contributed by atoms with van der Waals surface area (Å²) in [5.74, 6) is 0.732. The molecule has 0 saturated heterocycles. The molecule has 2 heterocycles. The highest BCUT2D eigenvalue weighted by molar-refractivity contribution is 6.04. The van der Waals surface area contributed by atoms with Gasteiger partial charge < -0.3 is 15.0 Å². The molecule has 9 heteroatoms. The Morgan fingerprint density at radius 3 is 2.90 bits per heavy atom. The summed E-state index contributed by atoms with van der Waals surface area (Å²) in [6.07, 6.45) is 0.209. The zero-order valence-electron chi connectivity index (χ0n) is 16.1. The van der Waals surface area contributed by atoms with Crippen molar-refractivity contribution in [2.24, 2.45) is 0 Å². The molecule has 148 valence electrons. The predicted octanol–water partition coefficient (Wildman–Crippen LogP) is 2.11. The zero-order valence-corrected chi connectivity index (χ0v) is 16.1. The number of anilines is 2. The topological polar surface area (TPSA) is 102 Å². The Morgan fingerprint density at radius 2 is 2.07 bits per heavy atom. The standard InChI is InChI=1S/C20H20N6O3/c1-13-10-18(27)21-16-8-3-4-9-17(16)26(13)19(28)12-25-23-20(22-24-25)14-6-5-7-15(11-14)29-2/h3-9,11,13H,10,12H2,1-2H3,(H,21,27). The third-order valence-corrected chi connectivity index (χ3v) is 4.69. The molecule has 0 radical (unpaired) electrons. The number of para-hydroxylation sites is 2. The van der Waals surface area contributed by atoms with Crippen LogP contribution < -0.4 is 15.0 Å². The van der Waals surface area contributed by atoms with Crippen LogP contribution in [0.1, 0.15) is 13.3 Å². The van der Waals surface area contributed by atoms with Crippen LogP contribution in [0.2, 0.25) is 0 Å². The summed E-state index contributed by atoms with van der Waals surface area (Å²) in [5, 5.41) is 15.2. The summed E-state index contributed by atoms with van der Waals surface area (Å²) < 4.78 is 5.22. The molecule has 4 rings (SSSR count). The van der Waals surface area contributed by atoms with Crippen LogP contribution in [0.25, 0.3) is 11.4 Å². The van der Waals surface area contributed by atoms with Crippen molar-refractivity contribution >= 4 is 23.2 Å². The van der Waals surface area contributed by atoms with Gasteiger partial charge in [-0.2, -0.15) is 4.80 Å². The van der Waals surface area contributed by atoms with Crippen LogP contribution in [-0.2, 0) is 16.1 Å². The monoisotopic (exact) mass is 392 g/mol. The van der Waals surface area contributed by atoms with Gasteiger partial charge in [0.25, 0.3) is 5.91 Å². The maximum atomic E-state index is 13.1. The lowest BCUT2D eigenvalue weighted by Gasteiger charge is -2.27. The lowest BCUT2D eigenvalue weighted by atomic mass is 10.1. The van der Waals surface area contributed by atoms with E-state index in [9.17, 15) is 9.59 Å². The van der Waals surface area contributed by atoms with E-state index in [0.717, 1.165) is 5.56 Å². The minimum Gasteiger partial charge on any atom is -0.497 e. The Kier molecular flexibility index (Phi) is 4.94. The van der Waals surface area contributed by atoms with Crippen molar-refractivity contribution in [3.63, 3.8) is 0 Å². The zero-order chi connectivity index (χ0) is 20.4. The number of ether oxygens (including phenoxy) is 1. The lowest BCUT2D eigenvalue weighted by molar-refractivity contribution is -0.120. The Balaban J connectivity index is 1.58. The lowest BCUT2D eigenvalue weighted by Crippen LogP contribution is -2.41. The van der Waals surface area contributed by atoms with Crippen LogP contribution in [0.5, 0.6) is 5.75 Å². The number of hydrogen-bond donors (Lipinski definition) is 1. The fourth-order valence-corrected chi connectivity index (χ4v) is 3.35. The molecule has 1 aliphatic rings. The van der Waals surface area contributed by atoms with E-state index >= 15 is 0 Å². The summed E-state index contributed by atoms with van der Waals surface area (Å²) in [4.78, 5) is 28.0. The summed E-state index contributed by atoms with van der Waals surface area (Å²) >= 11 is 0. The van der Waals surface area contributed by atoms with Crippen molar-refractivity contribution < 1.29 is 14.3 Å². The predicted molar refractivity (Wildman–Crippen MR) is 106 cm³/mol. The second-order valence-electron chi connectivity index (χ2n) is 6.76. The molecule has 9 nitrogen and oxygen atoms in total. The number of fused-ring (bicyclic) bond motifs is 1. The van der Waals surface area contributed by atoms with Crippen LogP contribution in [0.3, 0.4) is 0 Å². The second-order valence-corrected chi connectivity index (χ2v) is 6.76. The first-order valence-electron chi connectivity index (χ1n) is 9.18. The summed E-state index contributed by atoms with van der Waals surface area (Å²) in [5.41, 5.74) is 2.01. The average Bonchev–Trinajstić information content (AvgIpc) is 3.12. The van der Waals surface area contributed by atoms with Gasteiger partial charge in [0.15, 0.2) is 0 Å². The number of hydrogen-bond acceptors (Lipinski definition) is 6. The normalized spacial score (nSPS) is 16.0. The maximum absolute atomic E-state index is 13.1. The highest BCUT2D eigenvalue weighted by Crippen LogP contribution is 2.31. The molecule has 3 aromatic rings. The Hall–Kier alpha value is -3.75. The van der Waals surface area contributed by atoms with Crippen molar-refractivity contribution in [1.82, 2.24) is 20.2 Å². The van der Waals surface area contributed by atoms with Crippen LogP contribution in [0.15, 0.2) is 48.5 Å². The Labute approximate surface area is 167 Å². The molecule has 1 N–H and O–H groups in total. The van der Waals surface area contributed by atoms with E-state index < -0.39 is 0 Å². The molecule has 2 aromatic carbocycles. The van der Waals surface area contributed by atoms with Crippen LogP contribution in [0, 0.1) is 0 Å². The molecule has 0 saturated carbocycles. The fraction of sp³-hybridized carbons (Fsp3) is 0.250. The molecule has 1 aliphatic heterocycles. The number of benzene rings is 2. The number of tetrazole rings is 1. The number of carbonyl (C=O) groups is 2. The van der Waals surface area contributed by atoms with E-state index in [-0.39, 0.29) is 30.8 Å². The van der Waals surface area contributed by atoms with Crippen molar-refractivity contribution in [1.29, 1.82) is 0 Å². The molecule has 0 spiro atoms. The third kappa shape index (κ3) is 3.79. The Morgan fingerprint density at radius 1 is 1.24 bits per heavy atom. The summed E-state index contributed by atoms with van der Waals surface area (Å²) in [6, 6.07) is 14.2. The molecular formula is C20H20N6O3. The highest BCUT2D eigenvalue weighted by atomic mass is 16.5. The number of aromatic nitrogens is 4. The van der Waals surface area contributed by atoms with Crippen LogP contribution in [-0.4, -0.2) is 45.2 Å². The molecule has 0 bridgehead atoms. The number of rotatable bonds is 4. The van der Waals surface area contributed by atoms with E-state index in [1.54, 1.807) is 24.1 Å². The fourth-order valence-electron chi connectivity index (χ4n) is 3.35. The minimum absolute atomic E-state index is 0.0934. The van der Waals surface area contributed by atoms with Gasteiger partial charge in [0.2, 0.25) is 11.7 Å². The van der Waals surface area contributed by atoms with Gasteiger partial charge in [0.05, 0.1) is 18.5 Å². The van der Waals surface area contributed by atoms with E-state index in [0.29, 0.717) is 22.9 Å². The van der Waals surface area contributed by atoms with Gasteiger partial charge in [-0.05, 0) is 36.4 Å². The van der Waals surface area contributed by atoms with E-state index in [4.69, 9.17) is 4.74 Å². The van der Waals surface area contributed by atoms with Gasteiger partial charge in [-0.25, -0.2) is 0 Å². The van der Waals surface area contributed by atoms with Crippen molar-refractivity contribution in [3.8, 4) is 17.1 Å². The Bertz CT molecular complexity index is 1060. The van der Waals surface area contributed by atoms with E-state index in [1.165, 1.54) is 4.80 Å². The van der Waals surface area contributed by atoms with Gasteiger partial charge in [-0.1, -0.05) is 24.3 Å². The van der Waals surface area contributed by atoms with Crippen molar-refractivity contribution in [3.05, 3.63) is 48.5 Å². The second kappa shape index (κ2) is 7.70. The van der Waals surface area contributed by atoms with Crippen LogP contribution in [0.4, 0.5) is 11.4 Å². The maximum Gasteiger partial charge on any atom is 0.250 e. The van der Waals surface area contributed by atoms with E-state index in [2.05, 4.69) is 20.7 Å². The van der Waals surface area contributed by atoms with Gasteiger partial charge in [-0.15, -0.1) is 10.2 Å². The molecule has 1 aromatic heterocycles. The number of methoxy groups -OCH3 is 1. The summed E-state index contributed by atoms with van der Waals surface area (Å²) in [6.45, 7) is 1.75. The van der Waals surface area contributed by atoms with Gasteiger partial charge in [0, 0.05) is 18.0 Å². The first kappa shape index (κ1) is 18.6. The molecule has 0 fully saturated rings. The highest BCUT2D eigenvalue weighted by Gasteiger charge is 2.30. The van der Waals surface area contributed by atoms with Crippen LogP contribution >= 0.6 is 0 Å². The quantitative estimate of drug-likeness (QED) is 0.730. The first-order chi connectivity index (χ1) is 14.0. The number of nitrogens with zero attached hydrogens (tertiary/aromatic N) is 5. The molecule has 2 amide bonds. The average molecular weight is 392 g/mol. The van der Waals surface area contributed by atoms with Gasteiger partial charge in [-0.3, -0.25) is 9.59 Å². The molecule has 1 unspecified atom stereocenters. The number of carbonyl (C=O) groups excluding carboxylic acids is 2. The molecule has 29 heavy (non-hydrogen) atoms. The molecular weight excluding hydrogens is 372 g/mol. The molecule has 1 atom stereocenters. The van der Waals surface area contributed by atoms with Crippen molar-refractivity contribution in [2.45, 2.75) is 25.9 Å². The SMILES string of the molecule is COc1cccc(-c2nnn(CC(=O)N3c4ccccc4NC(=O)CC3C)n2)c1. The first-order valence-corrected chi connectivity index (χ1v) is 9.18. The van der Waals surface area contributed by atoms with Gasteiger partial charge >= 0.3 is 0 Å². The number of amides is 2. The largest absolute Gasteiger partial charge is 0.497 e. The smallest absolute Gasteiger partial charge is 0.250 e. The van der Waals surface area contributed by atoms with E-state index in [1.807, 2.05) is 43.3 Å². The minimum atomic E-state index is -0.299. The summed E-state index contributed by atoms with van der Waals surface area (Å²) in [7, 11) is 1.59. The van der Waals surface area contributed by atoms with Gasteiger partial charge in [0.1, 0.15) is 12.3 Å². The number of nitrogens with one attached hydrogen (secondary N) is 1. The third-order valence-electron chi connectivity index (χ3n) is 4.69. The van der Waals surface area contributed by atoms with Crippen molar-refractivity contribution in [2.75, 3.05) is 17.3 Å².